The normalized spacial score (nSPS) is 10.8. The molecule has 0 radical (unpaired) electrons. The van der Waals surface area contributed by atoms with Crippen molar-refractivity contribution in [3.63, 3.8) is 0 Å². The predicted octanol–water partition coefficient (Wildman–Crippen LogP) is 4.35. The number of nitrogens with zero attached hydrogens (tertiary/aromatic N) is 1. The van der Waals surface area contributed by atoms with Gasteiger partial charge in [0.2, 0.25) is 0 Å². The summed E-state index contributed by atoms with van der Waals surface area (Å²) in [7, 11) is 0. The number of carbonyl (C=O) groups excluding carboxylic acids is 3. The van der Waals surface area contributed by atoms with Gasteiger partial charge in [0, 0.05) is 22.5 Å². The van der Waals surface area contributed by atoms with Crippen molar-refractivity contribution in [2.24, 2.45) is 0 Å². The highest BCUT2D eigenvalue weighted by molar-refractivity contribution is 6.39. The maximum atomic E-state index is 12.4. The summed E-state index contributed by atoms with van der Waals surface area (Å²) in [5.74, 6) is -1.68. The van der Waals surface area contributed by atoms with Gasteiger partial charge in [0.25, 0.3) is 5.91 Å². The van der Waals surface area contributed by atoms with E-state index in [1.54, 1.807) is 48.5 Å². The average Bonchev–Trinajstić information content (AvgIpc) is 3.25. The zero-order valence-corrected chi connectivity index (χ0v) is 19.2. The first-order chi connectivity index (χ1) is 16.2. The van der Waals surface area contributed by atoms with Gasteiger partial charge >= 0.3 is 11.8 Å². The van der Waals surface area contributed by atoms with Crippen LogP contribution >= 0.6 is 11.6 Å². The lowest BCUT2D eigenvalue weighted by atomic mass is 10.1. The summed E-state index contributed by atoms with van der Waals surface area (Å²) < 4.78 is 5.54. The molecule has 0 atom stereocenters. The van der Waals surface area contributed by atoms with Crippen molar-refractivity contribution < 1.29 is 18.8 Å². The van der Waals surface area contributed by atoms with Crippen LogP contribution < -0.4 is 16.0 Å². The number of hydrogen-bond donors (Lipinski definition) is 3. The molecule has 9 heteroatoms. The Labute approximate surface area is 201 Å². The van der Waals surface area contributed by atoms with Crippen molar-refractivity contribution in [3.05, 3.63) is 87.8 Å². The molecule has 0 bridgehead atoms. The second-order valence-corrected chi connectivity index (χ2v) is 7.81. The zero-order chi connectivity index (χ0) is 24.7. The first-order valence-corrected chi connectivity index (χ1v) is 10.6. The van der Waals surface area contributed by atoms with Crippen LogP contribution in [0.5, 0.6) is 0 Å². The van der Waals surface area contributed by atoms with Gasteiger partial charge in [-0.05, 0) is 67.4 Å². The topological polar surface area (TPSA) is 124 Å². The zero-order valence-electron chi connectivity index (χ0n) is 18.4. The molecule has 0 aliphatic rings. The van der Waals surface area contributed by atoms with E-state index in [9.17, 15) is 19.6 Å². The van der Waals surface area contributed by atoms with Crippen molar-refractivity contribution in [1.82, 2.24) is 5.32 Å². The maximum absolute atomic E-state index is 12.4. The molecule has 3 rings (SSSR count). The van der Waals surface area contributed by atoms with E-state index in [0.717, 1.165) is 11.1 Å². The monoisotopic (exact) mass is 476 g/mol. The van der Waals surface area contributed by atoms with Gasteiger partial charge in [-0.25, -0.2) is 0 Å². The molecule has 3 N–H and O–H groups in total. The highest BCUT2D eigenvalue weighted by Crippen LogP contribution is 2.17. The van der Waals surface area contributed by atoms with Crippen LogP contribution in [-0.4, -0.2) is 17.7 Å². The third kappa shape index (κ3) is 6.58. The molecule has 0 unspecified atom stereocenters. The quantitative estimate of drug-likeness (QED) is 0.277. The fourth-order valence-electron chi connectivity index (χ4n) is 2.88. The Morgan fingerprint density at radius 3 is 2.38 bits per heavy atom. The average molecular weight is 477 g/mol. The molecule has 34 heavy (non-hydrogen) atoms. The van der Waals surface area contributed by atoms with E-state index in [4.69, 9.17) is 16.0 Å². The van der Waals surface area contributed by atoms with Crippen LogP contribution in [0.25, 0.3) is 6.08 Å². The van der Waals surface area contributed by atoms with Gasteiger partial charge in [0.05, 0.1) is 6.54 Å². The van der Waals surface area contributed by atoms with Gasteiger partial charge in [-0.1, -0.05) is 23.7 Å². The molecular weight excluding hydrogens is 456 g/mol. The van der Waals surface area contributed by atoms with Crippen molar-refractivity contribution >= 4 is 46.8 Å². The Hall–Kier alpha value is -4.35. The molecule has 3 aromatic rings. The third-order valence-corrected chi connectivity index (χ3v) is 5.05. The molecule has 0 saturated carbocycles. The minimum atomic E-state index is -0.828. The number of anilines is 2. The fourth-order valence-corrected chi connectivity index (χ4v) is 3.07. The van der Waals surface area contributed by atoms with Gasteiger partial charge in [-0.3, -0.25) is 14.4 Å². The number of furan rings is 1. The number of halogens is 1. The first-order valence-electron chi connectivity index (χ1n) is 10.2. The highest BCUT2D eigenvalue weighted by atomic mass is 35.5. The van der Waals surface area contributed by atoms with Crippen molar-refractivity contribution in [2.45, 2.75) is 20.4 Å². The van der Waals surface area contributed by atoms with Gasteiger partial charge in [0.1, 0.15) is 23.2 Å². The van der Waals surface area contributed by atoms with Crippen LogP contribution in [0.1, 0.15) is 22.6 Å². The van der Waals surface area contributed by atoms with Crippen molar-refractivity contribution in [2.75, 3.05) is 10.6 Å². The van der Waals surface area contributed by atoms with Gasteiger partial charge in [-0.15, -0.1) is 0 Å². The summed E-state index contributed by atoms with van der Waals surface area (Å²) >= 11 is 5.90. The van der Waals surface area contributed by atoms with E-state index in [2.05, 4.69) is 16.0 Å². The number of amides is 3. The van der Waals surface area contributed by atoms with E-state index in [0.29, 0.717) is 22.2 Å². The molecule has 8 nitrogen and oxygen atoms in total. The van der Waals surface area contributed by atoms with Gasteiger partial charge in [-0.2, -0.15) is 5.26 Å². The van der Waals surface area contributed by atoms with Crippen LogP contribution in [0.2, 0.25) is 5.02 Å². The molecule has 1 heterocycles. The second kappa shape index (κ2) is 11.0. The van der Waals surface area contributed by atoms with Crippen LogP contribution in [0.15, 0.2) is 64.6 Å². The number of nitriles is 1. The Morgan fingerprint density at radius 1 is 0.941 bits per heavy atom. The molecule has 172 valence electrons. The summed E-state index contributed by atoms with van der Waals surface area (Å²) in [6, 6.07) is 16.8. The third-order valence-electron chi connectivity index (χ3n) is 4.81. The van der Waals surface area contributed by atoms with E-state index in [-0.39, 0.29) is 17.9 Å². The minimum absolute atomic E-state index is 0.0520. The van der Waals surface area contributed by atoms with Crippen molar-refractivity contribution in [3.8, 4) is 6.07 Å². The second-order valence-electron chi connectivity index (χ2n) is 7.37. The molecule has 0 aliphatic carbocycles. The largest absolute Gasteiger partial charge is 0.460 e. The predicted molar refractivity (Wildman–Crippen MR) is 129 cm³/mol. The Kier molecular flexibility index (Phi) is 7.85. The Bertz CT molecular complexity index is 1320. The standard InChI is InChI=1S/C25H21ClN4O4/c1-15-6-7-20(10-16(15)2)30-25(33)24(32)28-14-22-9-8-21(34-22)11-17(13-27)23(31)29-19-5-3-4-18(26)12-19/h3-12H,14H2,1-2H3,(H,28,32)(H,29,31)(H,30,33)/b17-11-. The van der Waals surface area contributed by atoms with Gasteiger partial charge in [0.15, 0.2) is 0 Å². The Morgan fingerprint density at radius 2 is 1.68 bits per heavy atom. The minimum Gasteiger partial charge on any atom is -0.460 e. The highest BCUT2D eigenvalue weighted by Gasteiger charge is 2.15. The fraction of sp³-hybridized carbons (Fsp3) is 0.120. The van der Waals surface area contributed by atoms with Gasteiger partial charge < -0.3 is 20.4 Å². The van der Waals surface area contributed by atoms with Crippen LogP contribution in [0.4, 0.5) is 11.4 Å². The number of benzene rings is 2. The van der Waals surface area contributed by atoms with Crippen LogP contribution in [0.3, 0.4) is 0 Å². The smallest absolute Gasteiger partial charge is 0.313 e. The number of hydrogen-bond acceptors (Lipinski definition) is 5. The van der Waals surface area contributed by atoms with Crippen LogP contribution in [-0.2, 0) is 20.9 Å². The maximum Gasteiger partial charge on any atom is 0.313 e. The van der Waals surface area contributed by atoms with Crippen LogP contribution in [0, 0.1) is 25.2 Å². The summed E-state index contributed by atoms with van der Waals surface area (Å²) in [6.45, 7) is 3.81. The molecule has 2 aromatic carbocycles. The SMILES string of the molecule is Cc1ccc(NC(=O)C(=O)NCc2ccc(/C=C(/C#N)C(=O)Nc3cccc(Cl)c3)o2)cc1C. The van der Waals surface area contributed by atoms with E-state index >= 15 is 0 Å². The Balaban J connectivity index is 1.57. The molecule has 0 fully saturated rings. The lowest BCUT2D eigenvalue weighted by Gasteiger charge is -2.07. The van der Waals surface area contributed by atoms with Crippen molar-refractivity contribution in [1.29, 1.82) is 5.26 Å². The number of nitrogens with one attached hydrogen (secondary N) is 3. The molecule has 0 aliphatic heterocycles. The van der Waals surface area contributed by atoms with E-state index < -0.39 is 17.7 Å². The molecule has 1 aromatic heterocycles. The molecule has 3 amide bonds. The summed E-state index contributed by atoms with van der Waals surface area (Å²) in [5, 5.41) is 17.4. The lowest BCUT2D eigenvalue weighted by Crippen LogP contribution is -2.34. The molecular formula is C25H21ClN4O4. The van der Waals surface area contributed by atoms with E-state index in [1.165, 1.54) is 6.08 Å². The first kappa shape index (κ1) is 24.3. The van der Waals surface area contributed by atoms with E-state index in [1.807, 2.05) is 26.0 Å². The number of aryl methyl sites for hydroxylation is 2. The number of rotatable bonds is 6. The lowest BCUT2D eigenvalue weighted by molar-refractivity contribution is -0.136. The molecule has 0 spiro atoms. The summed E-state index contributed by atoms with van der Waals surface area (Å²) in [5.41, 5.74) is 2.85. The summed E-state index contributed by atoms with van der Waals surface area (Å²) in [6.07, 6.45) is 1.28. The number of carbonyl (C=O) groups is 3. The summed E-state index contributed by atoms with van der Waals surface area (Å²) in [4.78, 5) is 36.6. The molecule has 0 saturated heterocycles.